The number of nitrogens with zero attached hydrogens (tertiary/aromatic N) is 5. The van der Waals surface area contributed by atoms with E-state index in [1.165, 1.54) is 11.6 Å². The van der Waals surface area contributed by atoms with Gasteiger partial charge in [-0.05, 0) is 59.7 Å². The first-order valence-corrected chi connectivity index (χ1v) is 9.82. The summed E-state index contributed by atoms with van der Waals surface area (Å²) in [5.41, 5.74) is 4.41. The van der Waals surface area contributed by atoms with Crippen LogP contribution >= 0.6 is 0 Å². The van der Waals surface area contributed by atoms with E-state index in [2.05, 4.69) is 41.3 Å². The summed E-state index contributed by atoms with van der Waals surface area (Å²) in [5.74, 6) is 0.234. The number of rotatable bonds is 6. The maximum atomic E-state index is 14.7. The first-order valence-electron chi connectivity index (χ1n) is 9.82. The molecule has 0 aliphatic carbocycles. The van der Waals surface area contributed by atoms with Gasteiger partial charge in [-0.3, -0.25) is 0 Å². The van der Waals surface area contributed by atoms with Crippen LogP contribution in [0.25, 0.3) is 11.4 Å². The zero-order chi connectivity index (χ0) is 20.4. The van der Waals surface area contributed by atoms with E-state index in [4.69, 9.17) is 0 Å². The third-order valence-corrected chi connectivity index (χ3v) is 5.13. The molecule has 0 saturated heterocycles. The largest absolute Gasteiger partial charge is 0.241 e. The Balaban J connectivity index is 1.48. The van der Waals surface area contributed by atoms with Crippen LogP contribution in [-0.4, -0.2) is 24.8 Å². The van der Waals surface area contributed by atoms with E-state index in [-0.39, 0.29) is 11.7 Å². The molecule has 2 aromatic carbocycles. The highest BCUT2D eigenvalue weighted by atomic mass is 19.1. The minimum atomic E-state index is -0.234. The molecule has 148 valence electrons. The van der Waals surface area contributed by atoms with Crippen molar-refractivity contribution in [2.24, 2.45) is 0 Å². The summed E-state index contributed by atoms with van der Waals surface area (Å²) in [4.78, 5) is 1.63. The van der Waals surface area contributed by atoms with Gasteiger partial charge in [-0.2, -0.15) is 20.1 Å². The predicted molar refractivity (Wildman–Crippen MR) is 111 cm³/mol. The summed E-state index contributed by atoms with van der Waals surface area (Å²) < 4.78 is 16.3. The second-order valence-corrected chi connectivity index (χ2v) is 7.63. The van der Waals surface area contributed by atoms with Gasteiger partial charge in [0.2, 0.25) is 0 Å². The van der Waals surface area contributed by atoms with Crippen LogP contribution in [0, 0.1) is 5.82 Å². The van der Waals surface area contributed by atoms with Crippen molar-refractivity contribution in [2.45, 2.75) is 39.0 Å². The van der Waals surface area contributed by atoms with Gasteiger partial charge in [0.15, 0.2) is 0 Å². The maximum absolute atomic E-state index is 14.7. The minimum Gasteiger partial charge on any atom is -0.241 e. The van der Waals surface area contributed by atoms with E-state index >= 15 is 0 Å². The lowest BCUT2D eigenvalue weighted by Gasteiger charge is -2.12. The number of benzene rings is 2. The lowest BCUT2D eigenvalue weighted by Crippen LogP contribution is -2.05. The molecular formula is C23H24FN5. The lowest BCUT2D eigenvalue weighted by atomic mass is 9.95. The molecule has 0 bridgehead atoms. The fourth-order valence-electron chi connectivity index (χ4n) is 3.41. The summed E-state index contributed by atoms with van der Waals surface area (Å²) in [6, 6.07) is 15.3. The monoisotopic (exact) mass is 389 g/mol. The maximum Gasteiger partial charge on any atom is 0.128 e. The van der Waals surface area contributed by atoms with Gasteiger partial charge in [0.25, 0.3) is 0 Å². The van der Waals surface area contributed by atoms with Gasteiger partial charge in [0.05, 0.1) is 23.3 Å². The topological polar surface area (TPSA) is 48.5 Å². The molecule has 4 rings (SSSR count). The molecule has 6 heteroatoms. The van der Waals surface area contributed by atoms with E-state index in [0.717, 1.165) is 11.4 Å². The van der Waals surface area contributed by atoms with Gasteiger partial charge < -0.3 is 0 Å². The molecule has 1 unspecified atom stereocenters. The first kappa shape index (κ1) is 19.1. The number of halogens is 1. The third kappa shape index (κ3) is 4.11. The number of hydrogen-bond acceptors (Lipinski definition) is 3. The molecule has 0 saturated carbocycles. The first-order chi connectivity index (χ1) is 14.0. The van der Waals surface area contributed by atoms with Crippen LogP contribution in [0.3, 0.4) is 0 Å². The summed E-state index contributed by atoms with van der Waals surface area (Å²) in [7, 11) is 0. The second kappa shape index (κ2) is 7.99. The van der Waals surface area contributed by atoms with Crippen molar-refractivity contribution in [2.75, 3.05) is 0 Å². The van der Waals surface area contributed by atoms with Gasteiger partial charge in [-0.25, -0.2) is 9.07 Å². The Bertz CT molecular complexity index is 1080. The van der Waals surface area contributed by atoms with Gasteiger partial charge in [0.1, 0.15) is 5.82 Å². The highest BCUT2D eigenvalue weighted by Gasteiger charge is 2.15. The van der Waals surface area contributed by atoms with Crippen molar-refractivity contribution in [3.63, 3.8) is 0 Å². The zero-order valence-electron chi connectivity index (χ0n) is 16.8. The Labute approximate surface area is 169 Å². The molecule has 0 fully saturated rings. The molecule has 0 aliphatic rings. The molecule has 0 aliphatic heterocycles. The quantitative estimate of drug-likeness (QED) is 0.463. The summed E-state index contributed by atoms with van der Waals surface area (Å²) in [5, 5.41) is 13.1. The molecule has 0 radical (unpaired) electrons. The van der Waals surface area contributed by atoms with E-state index in [0.29, 0.717) is 23.6 Å². The smallest absolute Gasteiger partial charge is 0.128 e. The fraction of sp³-hybridized carbons (Fsp3) is 0.261. The van der Waals surface area contributed by atoms with Crippen LogP contribution in [0.15, 0.2) is 67.1 Å². The van der Waals surface area contributed by atoms with Gasteiger partial charge in [-0.1, -0.05) is 39.0 Å². The summed E-state index contributed by atoms with van der Waals surface area (Å²) >= 11 is 0. The molecule has 0 spiro atoms. The van der Waals surface area contributed by atoms with Crippen LogP contribution in [0.4, 0.5) is 4.39 Å². The third-order valence-electron chi connectivity index (χ3n) is 5.13. The van der Waals surface area contributed by atoms with Crippen LogP contribution in [-0.2, 0) is 6.42 Å². The molecule has 29 heavy (non-hydrogen) atoms. The van der Waals surface area contributed by atoms with Crippen molar-refractivity contribution in [1.29, 1.82) is 0 Å². The Morgan fingerprint density at radius 3 is 2.38 bits per heavy atom. The van der Waals surface area contributed by atoms with E-state index in [9.17, 15) is 4.39 Å². The average Bonchev–Trinajstić information content (AvgIpc) is 3.40. The van der Waals surface area contributed by atoms with E-state index < -0.39 is 0 Å². The van der Waals surface area contributed by atoms with Crippen LogP contribution < -0.4 is 0 Å². The molecular weight excluding hydrogens is 365 g/mol. The van der Waals surface area contributed by atoms with E-state index in [1.807, 2.05) is 37.3 Å². The van der Waals surface area contributed by atoms with E-state index in [1.54, 1.807) is 28.1 Å². The normalized spacial score (nSPS) is 12.4. The van der Waals surface area contributed by atoms with Crippen molar-refractivity contribution in [3.05, 3.63) is 89.8 Å². The van der Waals surface area contributed by atoms with Crippen LogP contribution in [0.5, 0.6) is 0 Å². The second-order valence-electron chi connectivity index (χ2n) is 7.63. The Kier molecular flexibility index (Phi) is 5.25. The Morgan fingerprint density at radius 2 is 1.72 bits per heavy atom. The molecule has 5 nitrogen and oxygen atoms in total. The predicted octanol–water partition coefficient (Wildman–Crippen LogP) is 5.06. The zero-order valence-corrected chi connectivity index (χ0v) is 16.8. The molecule has 2 aromatic heterocycles. The molecule has 4 aromatic rings. The van der Waals surface area contributed by atoms with Crippen molar-refractivity contribution in [1.82, 2.24) is 24.8 Å². The lowest BCUT2D eigenvalue weighted by molar-refractivity contribution is 0.582. The average molecular weight is 389 g/mol. The standard InChI is InChI=1S/C23H24FN5/c1-16(2)18-5-7-20(8-6-18)29-26-15-19(27-29)13-17(3)22-10-9-21(14-23(22)24)28-12-4-11-25-28/h4-12,14-17H,13H2,1-3H3. The summed E-state index contributed by atoms with van der Waals surface area (Å²) in [6.07, 6.45) is 5.84. The fourth-order valence-corrected chi connectivity index (χ4v) is 3.41. The molecule has 0 amide bonds. The highest BCUT2D eigenvalue weighted by Crippen LogP contribution is 2.24. The molecule has 2 heterocycles. The van der Waals surface area contributed by atoms with Gasteiger partial charge >= 0.3 is 0 Å². The Hall–Kier alpha value is -3.28. The van der Waals surface area contributed by atoms with Crippen molar-refractivity contribution < 1.29 is 4.39 Å². The van der Waals surface area contributed by atoms with Gasteiger partial charge in [-0.15, -0.1) is 0 Å². The number of hydrogen-bond donors (Lipinski definition) is 0. The Morgan fingerprint density at radius 1 is 0.966 bits per heavy atom. The van der Waals surface area contributed by atoms with Gasteiger partial charge in [0, 0.05) is 12.4 Å². The molecule has 1 atom stereocenters. The molecule has 0 N–H and O–H groups in total. The number of aromatic nitrogens is 5. The van der Waals surface area contributed by atoms with Crippen molar-refractivity contribution in [3.8, 4) is 11.4 Å². The highest BCUT2D eigenvalue weighted by molar-refractivity contribution is 5.37. The minimum absolute atomic E-state index is 0.0184. The SMILES string of the molecule is CC(C)c1ccc(-n2ncc(CC(C)c3ccc(-n4cccn4)cc3F)n2)cc1. The van der Waals surface area contributed by atoms with Crippen molar-refractivity contribution >= 4 is 0 Å². The van der Waals surface area contributed by atoms with Crippen LogP contribution in [0.2, 0.25) is 0 Å². The summed E-state index contributed by atoms with van der Waals surface area (Å²) in [6.45, 7) is 6.34. The van der Waals surface area contributed by atoms with Crippen LogP contribution in [0.1, 0.15) is 49.4 Å².